The van der Waals surface area contributed by atoms with Crippen LogP contribution in [-0.2, 0) is 9.05 Å². The van der Waals surface area contributed by atoms with Gasteiger partial charge in [-0.2, -0.15) is 0 Å². The first kappa shape index (κ1) is 14.7. The summed E-state index contributed by atoms with van der Waals surface area (Å²) in [5, 5.41) is 10.5. The summed E-state index contributed by atoms with van der Waals surface area (Å²) in [7, 11) is 0.744. The molecule has 0 radical (unpaired) electrons. The highest BCUT2D eigenvalue weighted by atomic mass is 35.7. The molecule has 0 saturated carbocycles. The summed E-state index contributed by atoms with van der Waals surface area (Å²) in [6.07, 6.45) is -0.516. The minimum absolute atomic E-state index is 0.516. The molecular formula is C9H9ClFNO5S. The number of ether oxygens (including phenoxy) is 1. The lowest BCUT2D eigenvalue weighted by Gasteiger charge is -2.13. The largest absolute Gasteiger partial charge is 0.486 e. The Kier molecular flexibility index (Phi) is 4.12. The Morgan fingerprint density at radius 1 is 1.44 bits per heavy atom. The average molecular weight is 298 g/mol. The lowest BCUT2D eigenvalue weighted by molar-refractivity contribution is -0.385. The Morgan fingerprint density at radius 3 is 2.39 bits per heavy atom. The van der Waals surface area contributed by atoms with Crippen LogP contribution in [0.25, 0.3) is 0 Å². The molecule has 0 aromatic heterocycles. The van der Waals surface area contributed by atoms with Crippen LogP contribution in [0.3, 0.4) is 0 Å². The van der Waals surface area contributed by atoms with E-state index in [0.29, 0.717) is 12.1 Å². The molecular weight excluding hydrogens is 289 g/mol. The van der Waals surface area contributed by atoms with Gasteiger partial charge in [0.15, 0.2) is 11.6 Å². The van der Waals surface area contributed by atoms with Crippen molar-refractivity contribution in [1.82, 2.24) is 0 Å². The van der Waals surface area contributed by atoms with Crippen LogP contribution < -0.4 is 4.74 Å². The maximum Gasteiger partial charge on any atom is 0.273 e. The molecule has 0 fully saturated rings. The first-order valence-corrected chi connectivity index (χ1v) is 7.03. The highest BCUT2D eigenvalue weighted by Crippen LogP contribution is 2.34. The normalized spacial score (nSPS) is 11.6. The zero-order valence-corrected chi connectivity index (χ0v) is 11.0. The van der Waals surface area contributed by atoms with Crippen molar-refractivity contribution in [3.05, 3.63) is 28.1 Å². The third kappa shape index (κ3) is 3.30. The summed E-state index contributed by atoms with van der Waals surface area (Å²) < 4.78 is 41.1. The summed E-state index contributed by atoms with van der Waals surface area (Å²) in [6.45, 7) is 3.09. The van der Waals surface area contributed by atoms with E-state index in [-0.39, 0.29) is 0 Å². The summed E-state index contributed by atoms with van der Waals surface area (Å²) in [5.41, 5.74) is -0.720. The molecule has 0 amide bonds. The lowest BCUT2D eigenvalue weighted by Crippen LogP contribution is -2.10. The number of benzene rings is 1. The van der Waals surface area contributed by atoms with Crippen molar-refractivity contribution < 1.29 is 22.5 Å². The van der Waals surface area contributed by atoms with Crippen LogP contribution in [-0.4, -0.2) is 19.4 Å². The van der Waals surface area contributed by atoms with E-state index >= 15 is 0 Å². The number of hydrogen-bond acceptors (Lipinski definition) is 5. The van der Waals surface area contributed by atoms with Crippen LogP contribution in [0.15, 0.2) is 17.0 Å². The second-order valence-electron chi connectivity index (χ2n) is 3.62. The van der Waals surface area contributed by atoms with Gasteiger partial charge in [-0.15, -0.1) is 0 Å². The fourth-order valence-corrected chi connectivity index (χ4v) is 2.16. The summed E-state index contributed by atoms with van der Waals surface area (Å²) >= 11 is 0. The molecule has 1 aromatic carbocycles. The van der Waals surface area contributed by atoms with E-state index in [2.05, 4.69) is 0 Å². The fourth-order valence-electron chi connectivity index (χ4n) is 1.19. The van der Waals surface area contributed by atoms with E-state index in [0.717, 1.165) is 0 Å². The van der Waals surface area contributed by atoms with Crippen molar-refractivity contribution >= 4 is 25.4 Å². The molecule has 0 saturated heterocycles. The second kappa shape index (κ2) is 5.07. The monoisotopic (exact) mass is 297 g/mol. The molecule has 0 unspecified atom stereocenters. The topological polar surface area (TPSA) is 86.5 Å². The predicted octanol–water partition coefficient (Wildman–Crippen LogP) is 2.45. The fraction of sp³-hybridized carbons (Fsp3) is 0.333. The number of rotatable bonds is 4. The third-order valence-electron chi connectivity index (χ3n) is 1.82. The van der Waals surface area contributed by atoms with Gasteiger partial charge in [0.05, 0.1) is 17.1 Å². The minimum Gasteiger partial charge on any atom is -0.486 e. The first-order chi connectivity index (χ1) is 8.12. The van der Waals surface area contributed by atoms with Gasteiger partial charge in [-0.25, -0.2) is 12.8 Å². The average Bonchev–Trinajstić information content (AvgIpc) is 2.17. The summed E-state index contributed by atoms with van der Waals surface area (Å²) in [4.78, 5) is 8.84. The van der Waals surface area contributed by atoms with Crippen LogP contribution >= 0.6 is 10.7 Å². The van der Waals surface area contributed by atoms with E-state index in [1.54, 1.807) is 13.8 Å². The molecule has 0 spiro atoms. The van der Waals surface area contributed by atoms with E-state index in [1.807, 2.05) is 0 Å². The molecule has 1 rings (SSSR count). The van der Waals surface area contributed by atoms with Crippen LogP contribution in [0.2, 0.25) is 0 Å². The standard InChI is InChI=1S/C9H9ClFNO5S/c1-5(2)17-9-7(11)3-6(12(13)14)4-8(9)18(10,15)16/h3-5H,1-2H3. The molecule has 0 bridgehead atoms. The van der Waals surface area contributed by atoms with Crippen LogP contribution in [0.5, 0.6) is 5.75 Å². The molecule has 0 N–H and O–H groups in total. The number of hydrogen-bond donors (Lipinski definition) is 0. The van der Waals surface area contributed by atoms with Gasteiger partial charge >= 0.3 is 0 Å². The van der Waals surface area contributed by atoms with Crippen molar-refractivity contribution in [1.29, 1.82) is 0 Å². The van der Waals surface area contributed by atoms with E-state index in [1.165, 1.54) is 0 Å². The molecule has 18 heavy (non-hydrogen) atoms. The lowest BCUT2D eigenvalue weighted by atomic mass is 10.3. The van der Waals surface area contributed by atoms with Gasteiger partial charge in [0.1, 0.15) is 4.90 Å². The van der Waals surface area contributed by atoms with E-state index in [9.17, 15) is 22.9 Å². The predicted molar refractivity (Wildman–Crippen MR) is 61.9 cm³/mol. The van der Waals surface area contributed by atoms with Crippen molar-refractivity contribution in [2.45, 2.75) is 24.8 Å². The van der Waals surface area contributed by atoms with Gasteiger partial charge in [0, 0.05) is 16.7 Å². The van der Waals surface area contributed by atoms with Crippen molar-refractivity contribution in [2.75, 3.05) is 0 Å². The molecule has 0 aliphatic heterocycles. The maximum atomic E-state index is 13.6. The summed E-state index contributed by atoms with van der Waals surface area (Å²) in [5.74, 6) is -1.78. The van der Waals surface area contributed by atoms with Gasteiger partial charge in [-0.05, 0) is 13.8 Å². The van der Waals surface area contributed by atoms with Gasteiger partial charge < -0.3 is 4.74 Å². The summed E-state index contributed by atoms with van der Waals surface area (Å²) in [6, 6.07) is 1.23. The number of nitrogens with zero attached hydrogens (tertiary/aromatic N) is 1. The van der Waals surface area contributed by atoms with Gasteiger partial charge in [0.2, 0.25) is 0 Å². The van der Waals surface area contributed by atoms with Gasteiger partial charge in [-0.3, -0.25) is 10.1 Å². The van der Waals surface area contributed by atoms with E-state index in [4.69, 9.17) is 15.4 Å². The Bertz CT molecular complexity index is 587. The van der Waals surface area contributed by atoms with Gasteiger partial charge in [0.25, 0.3) is 14.7 Å². The molecule has 0 atom stereocenters. The number of non-ortho nitro benzene ring substituents is 1. The molecule has 9 heteroatoms. The molecule has 6 nitrogen and oxygen atoms in total. The smallest absolute Gasteiger partial charge is 0.273 e. The Labute approximate surface area is 107 Å². The number of nitro benzene ring substituents is 1. The first-order valence-electron chi connectivity index (χ1n) is 4.72. The Hall–Kier alpha value is -1.41. The second-order valence-corrected chi connectivity index (χ2v) is 6.15. The highest BCUT2D eigenvalue weighted by molar-refractivity contribution is 8.13. The van der Waals surface area contributed by atoms with Crippen LogP contribution in [0, 0.1) is 15.9 Å². The van der Waals surface area contributed by atoms with Crippen LogP contribution in [0.4, 0.5) is 10.1 Å². The van der Waals surface area contributed by atoms with Gasteiger partial charge in [-0.1, -0.05) is 0 Å². The minimum atomic E-state index is -4.35. The Balaban J connectivity index is 3.55. The number of halogens is 2. The SMILES string of the molecule is CC(C)Oc1c(F)cc([N+](=O)[O-])cc1S(=O)(=O)Cl. The maximum absolute atomic E-state index is 13.6. The molecule has 100 valence electrons. The molecule has 0 heterocycles. The highest BCUT2D eigenvalue weighted by Gasteiger charge is 2.26. The zero-order valence-electron chi connectivity index (χ0n) is 9.38. The quantitative estimate of drug-likeness (QED) is 0.484. The third-order valence-corrected chi connectivity index (χ3v) is 3.15. The van der Waals surface area contributed by atoms with E-state index < -0.39 is 42.2 Å². The van der Waals surface area contributed by atoms with Crippen molar-refractivity contribution in [2.24, 2.45) is 0 Å². The van der Waals surface area contributed by atoms with Crippen molar-refractivity contribution in [3.8, 4) is 5.75 Å². The Morgan fingerprint density at radius 2 is 2.00 bits per heavy atom. The van der Waals surface area contributed by atoms with Crippen molar-refractivity contribution in [3.63, 3.8) is 0 Å². The zero-order chi connectivity index (χ0) is 14.1. The molecule has 1 aromatic rings. The molecule has 0 aliphatic rings. The van der Waals surface area contributed by atoms with Crippen LogP contribution in [0.1, 0.15) is 13.8 Å². The molecule has 0 aliphatic carbocycles. The number of nitro groups is 1.